The molecule has 0 atom stereocenters. The van der Waals surface area contributed by atoms with Gasteiger partial charge >= 0.3 is 11.9 Å². The molecule has 0 radical (unpaired) electrons. The minimum Gasteiger partial charge on any atom is -0.478 e. The summed E-state index contributed by atoms with van der Waals surface area (Å²) >= 11 is 0. The summed E-state index contributed by atoms with van der Waals surface area (Å²) in [4.78, 5) is 51.6. The van der Waals surface area contributed by atoms with Gasteiger partial charge in [-0.2, -0.15) is 0 Å². The van der Waals surface area contributed by atoms with Crippen LogP contribution >= 0.6 is 0 Å². The average molecular weight is 487 g/mol. The largest absolute Gasteiger partial charge is 0.478 e. The second kappa shape index (κ2) is 9.53. The van der Waals surface area contributed by atoms with Crippen LogP contribution in [0.5, 0.6) is 0 Å². The van der Waals surface area contributed by atoms with Gasteiger partial charge in [0, 0.05) is 22.3 Å². The minimum absolute atomic E-state index is 0.268. The van der Waals surface area contributed by atoms with E-state index in [4.69, 9.17) is 0 Å². The highest BCUT2D eigenvalue weighted by molar-refractivity contribution is 6.20. The van der Waals surface area contributed by atoms with Gasteiger partial charge in [-0.1, -0.05) is 0 Å². The number of carboxylic acid groups (broad SMARTS) is 2. The van der Waals surface area contributed by atoms with Crippen LogP contribution in [0.1, 0.15) is 97.1 Å². The zero-order valence-corrected chi connectivity index (χ0v) is 21.8. The van der Waals surface area contributed by atoms with E-state index in [9.17, 15) is 29.4 Å². The number of rotatable bonds is 6. The Morgan fingerprint density at radius 1 is 0.417 bits per heavy atom. The van der Waals surface area contributed by atoms with Gasteiger partial charge in [0.1, 0.15) is 0 Å². The summed E-state index contributed by atoms with van der Waals surface area (Å²) in [5, 5.41) is 19.9. The van der Waals surface area contributed by atoms with Crippen LogP contribution in [0, 0.1) is 55.4 Å². The van der Waals surface area contributed by atoms with Crippen molar-refractivity contribution in [3.8, 4) is 0 Å². The standard InChI is InChI=1S/C30H30O6/c1-13-9-21(19(7)17(5)15(13)3)27(31)23-11-26(30(35)36)24(12-25(23)29(33)34)28(32)22-10-14(2)16(4)18(6)20(22)8/h9-12H,1-8H3,(H,33,34)(H,35,36). The molecule has 0 aromatic heterocycles. The topological polar surface area (TPSA) is 109 Å². The summed E-state index contributed by atoms with van der Waals surface area (Å²) < 4.78 is 0. The number of carboxylic acids is 2. The van der Waals surface area contributed by atoms with E-state index >= 15 is 0 Å². The van der Waals surface area contributed by atoms with Crippen LogP contribution < -0.4 is 0 Å². The first kappa shape index (κ1) is 26.5. The number of hydrogen-bond donors (Lipinski definition) is 2. The Hall–Kier alpha value is -4.06. The lowest BCUT2D eigenvalue weighted by molar-refractivity contribution is 0.0677. The van der Waals surface area contributed by atoms with Crippen molar-refractivity contribution < 1.29 is 29.4 Å². The molecular formula is C30H30O6. The maximum atomic E-state index is 13.6. The van der Waals surface area contributed by atoms with Crippen LogP contribution in [0.4, 0.5) is 0 Å². The highest BCUT2D eigenvalue weighted by Crippen LogP contribution is 2.29. The van der Waals surface area contributed by atoms with E-state index in [1.165, 1.54) is 0 Å². The fourth-order valence-corrected chi connectivity index (χ4v) is 4.52. The summed E-state index contributed by atoms with van der Waals surface area (Å²) in [6, 6.07) is 5.42. The van der Waals surface area contributed by atoms with Gasteiger partial charge in [-0.3, -0.25) is 9.59 Å². The molecule has 3 rings (SSSR count). The van der Waals surface area contributed by atoms with E-state index in [1.54, 1.807) is 26.0 Å². The van der Waals surface area contributed by atoms with Crippen molar-refractivity contribution in [3.05, 3.63) is 102 Å². The predicted octanol–water partition coefficient (Wildman–Crippen LogP) is 6.01. The van der Waals surface area contributed by atoms with E-state index in [0.29, 0.717) is 22.3 Å². The van der Waals surface area contributed by atoms with E-state index in [1.807, 2.05) is 41.5 Å². The summed E-state index contributed by atoms with van der Waals surface area (Å²) in [5.41, 5.74) is 6.20. The molecule has 0 aliphatic carbocycles. The summed E-state index contributed by atoms with van der Waals surface area (Å²) in [6.07, 6.45) is 0. The van der Waals surface area contributed by atoms with Gasteiger partial charge in [0.05, 0.1) is 11.1 Å². The smallest absolute Gasteiger partial charge is 0.336 e. The molecule has 0 amide bonds. The normalized spacial score (nSPS) is 10.9. The third-order valence-electron chi connectivity index (χ3n) is 7.56. The molecule has 3 aromatic carbocycles. The van der Waals surface area contributed by atoms with Crippen molar-refractivity contribution in [3.63, 3.8) is 0 Å². The Morgan fingerprint density at radius 2 is 0.722 bits per heavy atom. The van der Waals surface area contributed by atoms with Crippen molar-refractivity contribution in [2.45, 2.75) is 55.4 Å². The van der Waals surface area contributed by atoms with Crippen LogP contribution in [0.25, 0.3) is 0 Å². The van der Waals surface area contributed by atoms with Crippen LogP contribution in [0.2, 0.25) is 0 Å². The van der Waals surface area contributed by atoms with Gasteiger partial charge in [0.25, 0.3) is 0 Å². The number of carbonyl (C=O) groups excluding carboxylic acids is 2. The molecule has 36 heavy (non-hydrogen) atoms. The fraction of sp³-hybridized carbons (Fsp3) is 0.267. The predicted molar refractivity (Wildman–Crippen MR) is 138 cm³/mol. The number of aryl methyl sites for hydroxylation is 2. The quantitative estimate of drug-likeness (QED) is 0.413. The van der Waals surface area contributed by atoms with Crippen molar-refractivity contribution in [1.29, 1.82) is 0 Å². The molecule has 0 spiro atoms. The van der Waals surface area contributed by atoms with Gasteiger partial charge in [-0.15, -0.1) is 0 Å². The van der Waals surface area contributed by atoms with E-state index < -0.39 is 34.6 Å². The van der Waals surface area contributed by atoms with Crippen LogP contribution in [-0.2, 0) is 0 Å². The van der Waals surface area contributed by atoms with Crippen molar-refractivity contribution in [2.75, 3.05) is 0 Å². The highest BCUT2D eigenvalue weighted by Gasteiger charge is 2.28. The molecule has 6 nitrogen and oxygen atoms in total. The molecule has 0 unspecified atom stereocenters. The van der Waals surface area contributed by atoms with Crippen molar-refractivity contribution in [1.82, 2.24) is 0 Å². The number of carbonyl (C=O) groups is 4. The lowest BCUT2D eigenvalue weighted by Gasteiger charge is -2.17. The van der Waals surface area contributed by atoms with Crippen molar-refractivity contribution >= 4 is 23.5 Å². The monoisotopic (exact) mass is 486 g/mol. The zero-order chi connectivity index (χ0) is 27.2. The van der Waals surface area contributed by atoms with E-state index in [-0.39, 0.29) is 11.1 Å². The fourth-order valence-electron chi connectivity index (χ4n) is 4.52. The third-order valence-corrected chi connectivity index (χ3v) is 7.56. The maximum absolute atomic E-state index is 13.6. The first-order chi connectivity index (χ1) is 16.7. The van der Waals surface area contributed by atoms with Gasteiger partial charge in [0.2, 0.25) is 0 Å². The second-order valence-electron chi connectivity index (χ2n) is 9.44. The number of benzene rings is 3. The van der Waals surface area contributed by atoms with Gasteiger partial charge in [-0.05, 0) is 124 Å². The summed E-state index contributed by atoms with van der Waals surface area (Å²) in [5.74, 6) is -4.04. The zero-order valence-electron chi connectivity index (χ0n) is 21.8. The van der Waals surface area contributed by atoms with Crippen LogP contribution in [0.15, 0.2) is 24.3 Å². The second-order valence-corrected chi connectivity index (χ2v) is 9.44. The molecule has 186 valence electrons. The molecule has 0 saturated heterocycles. The SMILES string of the molecule is Cc1cc(C(=O)c2cc(C(=O)O)c(C(=O)c3cc(C)c(C)c(C)c3C)cc2C(=O)O)c(C)c(C)c1C. The molecule has 2 N–H and O–H groups in total. The Kier molecular flexibility index (Phi) is 7.03. The van der Waals surface area contributed by atoms with Gasteiger partial charge in [0.15, 0.2) is 11.6 Å². The first-order valence-corrected chi connectivity index (χ1v) is 11.6. The number of aromatic carboxylic acids is 2. The molecule has 0 aliphatic rings. The third kappa shape index (κ3) is 4.35. The van der Waals surface area contributed by atoms with Crippen molar-refractivity contribution in [2.24, 2.45) is 0 Å². The van der Waals surface area contributed by atoms with Crippen LogP contribution in [-0.4, -0.2) is 33.7 Å². The number of hydrogen-bond acceptors (Lipinski definition) is 4. The van der Waals surface area contributed by atoms with E-state index in [2.05, 4.69) is 0 Å². The Morgan fingerprint density at radius 3 is 1.00 bits per heavy atom. The Bertz CT molecular complexity index is 1380. The molecule has 0 aliphatic heterocycles. The summed E-state index contributed by atoms with van der Waals surface area (Å²) in [7, 11) is 0. The Labute approximate surface area is 210 Å². The van der Waals surface area contributed by atoms with E-state index in [0.717, 1.165) is 45.5 Å². The highest BCUT2D eigenvalue weighted by atomic mass is 16.4. The lowest BCUT2D eigenvalue weighted by Crippen LogP contribution is -2.18. The number of ketones is 2. The molecule has 0 fully saturated rings. The van der Waals surface area contributed by atoms with Gasteiger partial charge in [-0.25, -0.2) is 9.59 Å². The summed E-state index contributed by atoms with van der Waals surface area (Å²) in [6.45, 7) is 14.9. The average Bonchev–Trinajstić information content (AvgIpc) is 2.83. The van der Waals surface area contributed by atoms with Gasteiger partial charge < -0.3 is 10.2 Å². The lowest BCUT2D eigenvalue weighted by atomic mass is 9.85. The van der Waals surface area contributed by atoms with Crippen LogP contribution in [0.3, 0.4) is 0 Å². The minimum atomic E-state index is -1.42. The molecule has 0 heterocycles. The molecule has 6 heteroatoms. The molecule has 0 bridgehead atoms. The maximum Gasteiger partial charge on any atom is 0.336 e. The first-order valence-electron chi connectivity index (χ1n) is 11.6. The molecular weight excluding hydrogens is 456 g/mol. The molecule has 0 saturated carbocycles. The molecule has 3 aromatic rings. The Balaban J connectivity index is 2.32.